The fraction of sp³-hybridized carbons (Fsp3) is 0.633. The molecule has 3 aliphatic heterocycles. The average molecular weight is 542 g/mol. The number of primary amides is 1. The van der Waals surface area contributed by atoms with Crippen LogP contribution in [-0.2, 0) is 26.2 Å². The first-order valence-corrected chi connectivity index (χ1v) is 13.8. The fourth-order valence-corrected chi connectivity index (χ4v) is 5.89. The minimum Gasteiger partial charge on any atom is -0.493 e. The van der Waals surface area contributed by atoms with Crippen molar-refractivity contribution < 1.29 is 28.6 Å². The van der Waals surface area contributed by atoms with Crippen molar-refractivity contribution in [1.82, 2.24) is 9.80 Å². The molecule has 1 spiro atoms. The molecule has 9 nitrogen and oxygen atoms in total. The maximum absolute atomic E-state index is 13.6. The van der Waals surface area contributed by atoms with E-state index in [0.717, 1.165) is 35.3 Å². The van der Waals surface area contributed by atoms with Gasteiger partial charge in [-0.15, -0.1) is 0 Å². The topological polar surface area (TPSA) is 111 Å². The zero-order valence-corrected chi connectivity index (χ0v) is 24.4. The molecule has 1 fully saturated rings. The number of nitrogens with two attached hydrogens (primary N) is 1. The van der Waals surface area contributed by atoms with Crippen molar-refractivity contribution >= 4 is 17.9 Å². The number of allylic oxidation sites excluding steroid dienone is 1. The summed E-state index contributed by atoms with van der Waals surface area (Å²) < 4.78 is 17.7. The van der Waals surface area contributed by atoms with E-state index in [4.69, 9.17) is 19.9 Å². The van der Waals surface area contributed by atoms with Gasteiger partial charge in [-0.05, 0) is 73.3 Å². The van der Waals surface area contributed by atoms with E-state index in [1.165, 1.54) is 0 Å². The summed E-state index contributed by atoms with van der Waals surface area (Å²) in [7, 11) is 0. The molecule has 1 unspecified atom stereocenters. The van der Waals surface area contributed by atoms with E-state index in [2.05, 4.69) is 12.6 Å². The fourth-order valence-electron chi connectivity index (χ4n) is 5.89. The highest BCUT2D eigenvalue weighted by Crippen LogP contribution is 2.50. The van der Waals surface area contributed by atoms with Crippen molar-refractivity contribution in [3.05, 3.63) is 40.7 Å². The number of benzene rings is 1. The first-order valence-electron chi connectivity index (χ1n) is 13.8. The van der Waals surface area contributed by atoms with Crippen molar-refractivity contribution in [3.63, 3.8) is 0 Å². The molecule has 3 aliphatic rings. The largest absolute Gasteiger partial charge is 0.493 e. The van der Waals surface area contributed by atoms with E-state index < -0.39 is 23.2 Å². The van der Waals surface area contributed by atoms with Gasteiger partial charge in [0.25, 0.3) is 5.91 Å². The van der Waals surface area contributed by atoms with Crippen molar-refractivity contribution in [2.24, 2.45) is 5.73 Å². The number of ether oxygens (including phenoxy) is 3. The van der Waals surface area contributed by atoms with Crippen molar-refractivity contribution in [3.8, 4) is 5.75 Å². The normalized spacial score (nSPS) is 18.9. The summed E-state index contributed by atoms with van der Waals surface area (Å²) in [5.74, 6) is 0.528. The summed E-state index contributed by atoms with van der Waals surface area (Å²) in [5, 5.41) is 0. The Morgan fingerprint density at radius 1 is 1.13 bits per heavy atom. The smallest absolute Gasteiger partial charge is 0.410 e. The van der Waals surface area contributed by atoms with Gasteiger partial charge in [-0.2, -0.15) is 0 Å². The lowest BCUT2D eigenvalue weighted by atomic mass is 9.73. The van der Waals surface area contributed by atoms with Crippen molar-refractivity contribution in [2.75, 3.05) is 19.7 Å². The lowest BCUT2D eigenvalue weighted by Gasteiger charge is -2.39. The van der Waals surface area contributed by atoms with Crippen LogP contribution >= 0.6 is 0 Å². The van der Waals surface area contributed by atoms with Gasteiger partial charge in [0.2, 0.25) is 5.91 Å². The Balaban J connectivity index is 1.53. The molecule has 4 rings (SSSR count). The van der Waals surface area contributed by atoms with Crippen molar-refractivity contribution in [2.45, 2.75) is 103 Å². The summed E-state index contributed by atoms with van der Waals surface area (Å²) in [6, 6.07) is 1.27. The van der Waals surface area contributed by atoms with Crippen LogP contribution in [0.2, 0.25) is 0 Å². The van der Waals surface area contributed by atoms with Gasteiger partial charge in [-0.25, -0.2) is 4.79 Å². The zero-order valence-electron chi connectivity index (χ0n) is 24.4. The van der Waals surface area contributed by atoms with Gasteiger partial charge in [-0.3, -0.25) is 9.59 Å². The number of aryl methyl sites for hydroxylation is 1. The highest BCUT2D eigenvalue weighted by molar-refractivity contribution is 6.03. The van der Waals surface area contributed by atoms with E-state index in [0.29, 0.717) is 43.9 Å². The molecule has 0 aliphatic carbocycles. The minimum atomic E-state index is -0.785. The quantitative estimate of drug-likeness (QED) is 0.528. The third-order valence-electron chi connectivity index (χ3n) is 7.67. The third-order valence-corrected chi connectivity index (χ3v) is 7.67. The minimum absolute atomic E-state index is 0.208. The van der Waals surface area contributed by atoms with Crippen LogP contribution in [0.5, 0.6) is 5.75 Å². The maximum Gasteiger partial charge on any atom is 0.410 e. The van der Waals surface area contributed by atoms with Gasteiger partial charge in [-0.1, -0.05) is 12.6 Å². The number of rotatable bonds is 6. The second-order valence-corrected chi connectivity index (χ2v) is 13.1. The van der Waals surface area contributed by atoms with Crippen LogP contribution < -0.4 is 10.5 Å². The summed E-state index contributed by atoms with van der Waals surface area (Å²) in [5.41, 5.74) is 7.98. The Morgan fingerprint density at radius 2 is 1.74 bits per heavy atom. The third kappa shape index (κ3) is 5.87. The Kier molecular flexibility index (Phi) is 7.42. The van der Waals surface area contributed by atoms with Crippen LogP contribution in [0.4, 0.5) is 4.79 Å². The van der Waals surface area contributed by atoms with Crippen LogP contribution in [0.3, 0.4) is 0 Å². The van der Waals surface area contributed by atoms with Crippen molar-refractivity contribution in [1.29, 1.82) is 0 Å². The van der Waals surface area contributed by atoms with Crippen LogP contribution in [0, 0.1) is 6.92 Å². The lowest BCUT2D eigenvalue weighted by Crippen LogP contribution is -2.47. The molecule has 0 saturated carbocycles. The molecule has 1 aromatic rings. The van der Waals surface area contributed by atoms with E-state index in [1.807, 2.05) is 48.5 Å². The Hall–Kier alpha value is -3.23. The molecule has 3 amide bonds. The number of fused-ring (bicyclic) bond motifs is 4. The van der Waals surface area contributed by atoms with Gasteiger partial charge in [0.1, 0.15) is 23.0 Å². The molecule has 1 atom stereocenters. The Morgan fingerprint density at radius 3 is 2.31 bits per heavy atom. The molecule has 0 bridgehead atoms. The molecule has 214 valence electrons. The molecule has 1 saturated heterocycles. The first kappa shape index (κ1) is 28.8. The summed E-state index contributed by atoms with van der Waals surface area (Å²) in [6.45, 7) is 19.2. The predicted molar refractivity (Wildman–Crippen MR) is 147 cm³/mol. The van der Waals surface area contributed by atoms with E-state index in [1.54, 1.807) is 9.80 Å². The van der Waals surface area contributed by atoms with Crippen LogP contribution in [0.1, 0.15) is 94.3 Å². The van der Waals surface area contributed by atoms with Gasteiger partial charge in [0.15, 0.2) is 0 Å². The highest BCUT2D eigenvalue weighted by atomic mass is 16.6. The van der Waals surface area contributed by atoms with Gasteiger partial charge in [0, 0.05) is 36.1 Å². The Bertz CT molecular complexity index is 1180. The van der Waals surface area contributed by atoms with Gasteiger partial charge < -0.3 is 29.7 Å². The standard InChI is InChI=1S/C30H43N3O6/c1-18-15-21-24(37-17-30(21)11-13-32(14-12-30)27(36)39-29(6,7)8)20-16-33(26(35)23(18)20)22(25(31)34)10-9-19(2)38-28(3,4)5/h15,22H,2,9-14,16-17H2,1,3-8H3,(H2,31,34). The number of hydrogen-bond acceptors (Lipinski definition) is 6. The number of likely N-dealkylation sites (tertiary alicyclic amines) is 1. The van der Waals surface area contributed by atoms with E-state index in [9.17, 15) is 14.4 Å². The molecule has 39 heavy (non-hydrogen) atoms. The number of amides is 3. The van der Waals surface area contributed by atoms with E-state index >= 15 is 0 Å². The Labute approximate surface area is 231 Å². The average Bonchev–Trinajstić information content (AvgIpc) is 3.31. The van der Waals surface area contributed by atoms with Gasteiger partial charge >= 0.3 is 6.09 Å². The molecule has 0 aromatic heterocycles. The molecule has 3 heterocycles. The number of carbonyl (C=O) groups excluding carboxylic acids is 3. The first-order chi connectivity index (χ1) is 18.0. The number of carbonyl (C=O) groups is 3. The molecular weight excluding hydrogens is 498 g/mol. The lowest BCUT2D eigenvalue weighted by molar-refractivity contribution is -0.122. The molecular formula is C30H43N3O6. The van der Waals surface area contributed by atoms with E-state index in [-0.39, 0.29) is 24.0 Å². The monoisotopic (exact) mass is 541 g/mol. The number of nitrogens with zero attached hydrogens (tertiary/aromatic N) is 2. The second kappa shape index (κ2) is 10.1. The molecule has 0 radical (unpaired) electrons. The van der Waals surface area contributed by atoms with Crippen LogP contribution in [0.25, 0.3) is 0 Å². The number of hydrogen-bond donors (Lipinski definition) is 1. The zero-order chi connectivity index (χ0) is 28.9. The molecule has 9 heteroatoms. The predicted octanol–water partition coefficient (Wildman–Crippen LogP) is 4.57. The summed E-state index contributed by atoms with van der Waals surface area (Å²) in [4.78, 5) is 42.0. The SMILES string of the molecule is C=C(CCC(C(N)=O)N1Cc2c3c(cc(C)c2C1=O)C1(CCN(C(=O)OC(C)(C)C)CC1)CO3)OC(C)(C)C. The summed E-state index contributed by atoms with van der Waals surface area (Å²) in [6.07, 6.45) is 1.94. The summed E-state index contributed by atoms with van der Waals surface area (Å²) >= 11 is 0. The van der Waals surface area contributed by atoms with Crippen LogP contribution in [-0.4, -0.2) is 64.6 Å². The maximum atomic E-state index is 13.6. The second-order valence-electron chi connectivity index (χ2n) is 13.1. The molecule has 2 N–H and O–H groups in total. The van der Waals surface area contributed by atoms with Crippen LogP contribution in [0.15, 0.2) is 18.4 Å². The highest BCUT2D eigenvalue weighted by Gasteiger charge is 2.48. The molecule has 1 aromatic carbocycles. The van der Waals surface area contributed by atoms with Gasteiger partial charge in [0.05, 0.1) is 24.5 Å². The number of piperidine rings is 1.